The van der Waals surface area contributed by atoms with Crippen LogP contribution >= 0.6 is 0 Å². The summed E-state index contributed by atoms with van der Waals surface area (Å²) < 4.78 is 47.1. The Balaban J connectivity index is 1.39. The molecule has 11 heteroatoms. The summed E-state index contributed by atoms with van der Waals surface area (Å²) >= 11 is 0. The van der Waals surface area contributed by atoms with Crippen molar-refractivity contribution in [1.82, 2.24) is 25.1 Å². The maximum Gasteiger partial charge on any atom is 0.418 e. The fraction of sp³-hybridized carbons (Fsp3) is 0.480. The van der Waals surface area contributed by atoms with E-state index in [0.717, 1.165) is 48.8 Å². The molecule has 4 rings (SSSR count). The predicted octanol–water partition coefficient (Wildman–Crippen LogP) is 4.48. The molecule has 0 bridgehead atoms. The number of aryl methyl sites for hydroxylation is 2. The molecule has 1 saturated heterocycles. The lowest BCUT2D eigenvalue weighted by Crippen LogP contribution is -2.43. The molecule has 3 aromatic heterocycles. The summed E-state index contributed by atoms with van der Waals surface area (Å²) in [6.45, 7) is 5.77. The summed E-state index contributed by atoms with van der Waals surface area (Å²) in [7, 11) is 3.43. The van der Waals surface area contributed by atoms with Gasteiger partial charge in [0.15, 0.2) is 5.82 Å². The van der Waals surface area contributed by atoms with Crippen LogP contribution in [0.1, 0.15) is 48.2 Å². The van der Waals surface area contributed by atoms with Crippen LogP contribution in [0.15, 0.2) is 36.8 Å². The molecule has 1 atom stereocenters. The van der Waals surface area contributed by atoms with E-state index in [1.165, 1.54) is 12.3 Å². The number of alkyl halides is 3. The first kappa shape index (κ1) is 25.7. The minimum absolute atomic E-state index is 0.0433. The normalized spacial score (nSPS) is 15.7. The quantitative estimate of drug-likeness (QED) is 0.469. The molecule has 0 spiro atoms. The lowest BCUT2D eigenvalue weighted by molar-refractivity contribution is -0.138. The van der Waals surface area contributed by atoms with Crippen molar-refractivity contribution in [1.29, 1.82) is 0 Å². The summed E-state index contributed by atoms with van der Waals surface area (Å²) in [6.07, 6.45) is 2.43. The highest BCUT2D eigenvalue weighted by atomic mass is 19.4. The highest BCUT2D eigenvalue weighted by molar-refractivity contribution is 5.60. The minimum Gasteiger partial charge on any atom is -0.480 e. The molecule has 1 unspecified atom stereocenters. The van der Waals surface area contributed by atoms with Gasteiger partial charge in [-0.2, -0.15) is 18.3 Å². The van der Waals surface area contributed by atoms with Crippen LogP contribution in [-0.2, 0) is 19.8 Å². The third-order valence-corrected chi connectivity index (χ3v) is 6.53. The van der Waals surface area contributed by atoms with Crippen LogP contribution in [0.25, 0.3) is 0 Å². The van der Waals surface area contributed by atoms with Crippen molar-refractivity contribution in [3.8, 4) is 5.88 Å². The number of halogens is 3. The molecular formula is C25H32F3N7O. The van der Waals surface area contributed by atoms with Crippen LogP contribution in [-0.4, -0.2) is 46.0 Å². The van der Waals surface area contributed by atoms with Crippen molar-refractivity contribution in [2.75, 3.05) is 30.4 Å². The fourth-order valence-electron chi connectivity index (χ4n) is 4.74. The molecule has 0 aromatic carbocycles. The number of aromatic nitrogens is 4. The van der Waals surface area contributed by atoms with Crippen LogP contribution in [0.5, 0.6) is 5.88 Å². The van der Waals surface area contributed by atoms with Gasteiger partial charge in [0.05, 0.1) is 24.9 Å². The van der Waals surface area contributed by atoms with E-state index in [2.05, 4.69) is 37.5 Å². The van der Waals surface area contributed by atoms with Gasteiger partial charge >= 0.3 is 6.18 Å². The molecular weight excluding hydrogens is 471 g/mol. The van der Waals surface area contributed by atoms with Gasteiger partial charge in [-0.3, -0.25) is 9.67 Å². The number of nitrogens with zero attached hydrogens (tertiary/aromatic N) is 5. The number of ether oxygens (including phenoxy) is 1. The highest BCUT2D eigenvalue weighted by Gasteiger charge is 2.34. The van der Waals surface area contributed by atoms with Gasteiger partial charge in [0, 0.05) is 56.4 Å². The molecule has 4 heterocycles. The number of hydrogen-bond donors (Lipinski definition) is 2. The Bertz CT molecular complexity index is 1170. The molecule has 2 N–H and O–H groups in total. The number of pyridine rings is 2. The van der Waals surface area contributed by atoms with Gasteiger partial charge in [-0.25, -0.2) is 4.98 Å². The number of anilines is 2. The second-order valence-corrected chi connectivity index (χ2v) is 9.09. The van der Waals surface area contributed by atoms with Crippen LogP contribution in [0.3, 0.4) is 0 Å². The van der Waals surface area contributed by atoms with E-state index in [0.29, 0.717) is 17.7 Å². The van der Waals surface area contributed by atoms with Crippen molar-refractivity contribution < 1.29 is 17.9 Å². The van der Waals surface area contributed by atoms with Crippen molar-refractivity contribution in [2.24, 2.45) is 7.05 Å². The average molecular weight is 504 g/mol. The standard InChI is InChI=1S/C25H32F3N7O/c1-16-7-11-30-24(36-4)22(16)35-12-8-18(9-13-35)32-17(2)19-15-34(3)33-23(19)31-14-21-20(25(26,27)28)6-5-10-29-21/h5-7,10-11,15,17-18,32H,8-9,12-14H2,1-4H3,(H,31,33). The Morgan fingerprint density at radius 3 is 2.61 bits per heavy atom. The molecule has 0 aliphatic carbocycles. The molecule has 36 heavy (non-hydrogen) atoms. The lowest BCUT2D eigenvalue weighted by Gasteiger charge is -2.36. The number of piperidine rings is 1. The summed E-state index contributed by atoms with van der Waals surface area (Å²) in [5.41, 5.74) is 2.27. The van der Waals surface area contributed by atoms with Crippen molar-refractivity contribution in [3.63, 3.8) is 0 Å². The summed E-state index contributed by atoms with van der Waals surface area (Å²) in [5, 5.41) is 11.2. The van der Waals surface area contributed by atoms with E-state index in [9.17, 15) is 13.2 Å². The van der Waals surface area contributed by atoms with E-state index in [-0.39, 0.29) is 18.3 Å². The molecule has 0 amide bonds. The third kappa shape index (κ3) is 5.72. The number of hydrogen-bond acceptors (Lipinski definition) is 7. The Kier molecular flexibility index (Phi) is 7.67. The van der Waals surface area contributed by atoms with E-state index >= 15 is 0 Å². The first-order chi connectivity index (χ1) is 17.2. The molecule has 1 aliphatic rings. The van der Waals surface area contributed by atoms with Gasteiger partial charge in [0.2, 0.25) is 5.88 Å². The number of methoxy groups -OCH3 is 1. The van der Waals surface area contributed by atoms with Crippen LogP contribution in [0, 0.1) is 6.92 Å². The molecule has 3 aromatic rings. The molecule has 0 radical (unpaired) electrons. The van der Waals surface area contributed by atoms with Gasteiger partial charge < -0.3 is 20.3 Å². The first-order valence-electron chi connectivity index (χ1n) is 12.0. The van der Waals surface area contributed by atoms with Crippen LogP contribution in [0.2, 0.25) is 0 Å². The molecule has 8 nitrogen and oxygen atoms in total. The van der Waals surface area contributed by atoms with Crippen LogP contribution in [0.4, 0.5) is 24.7 Å². The van der Waals surface area contributed by atoms with E-state index < -0.39 is 11.7 Å². The average Bonchev–Trinajstić information content (AvgIpc) is 3.23. The Morgan fingerprint density at radius 1 is 1.17 bits per heavy atom. The molecule has 194 valence electrons. The maximum absolute atomic E-state index is 13.3. The second kappa shape index (κ2) is 10.7. The van der Waals surface area contributed by atoms with Gasteiger partial charge in [-0.15, -0.1) is 0 Å². The molecule has 0 saturated carbocycles. The van der Waals surface area contributed by atoms with Crippen LogP contribution < -0.4 is 20.3 Å². The Hall–Kier alpha value is -3.34. The smallest absolute Gasteiger partial charge is 0.418 e. The van der Waals surface area contributed by atoms with Gasteiger partial charge in [-0.05, 0) is 50.5 Å². The SMILES string of the molecule is COc1nccc(C)c1N1CCC(NC(C)c2cn(C)nc2NCc2ncccc2C(F)(F)F)CC1. The maximum atomic E-state index is 13.3. The lowest BCUT2D eigenvalue weighted by atomic mass is 10.0. The molecule has 1 aliphatic heterocycles. The zero-order valence-electron chi connectivity index (χ0n) is 20.9. The van der Waals surface area contributed by atoms with E-state index in [4.69, 9.17) is 4.74 Å². The monoisotopic (exact) mass is 503 g/mol. The van der Waals surface area contributed by atoms with Crippen molar-refractivity contribution in [3.05, 3.63) is 59.2 Å². The van der Waals surface area contributed by atoms with Gasteiger partial charge in [0.1, 0.15) is 5.69 Å². The van der Waals surface area contributed by atoms with Crippen molar-refractivity contribution >= 4 is 11.5 Å². The number of rotatable bonds is 8. The second-order valence-electron chi connectivity index (χ2n) is 9.09. The molecule has 1 fully saturated rings. The fourth-order valence-corrected chi connectivity index (χ4v) is 4.74. The van der Waals surface area contributed by atoms with Crippen molar-refractivity contribution in [2.45, 2.75) is 51.5 Å². The minimum atomic E-state index is -4.46. The Morgan fingerprint density at radius 2 is 1.92 bits per heavy atom. The zero-order valence-corrected chi connectivity index (χ0v) is 20.9. The summed E-state index contributed by atoms with van der Waals surface area (Å²) in [4.78, 5) is 10.6. The Labute approximate surface area is 208 Å². The number of nitrogens with one attached hydrogen (secondary N) is 2. The highest BCUT2D eigenvalue weighted by Crippen LogP contribution is 2.33. The van der Waals surface area contributed by atoms with E-state index in [1.54, 1.807) is 25.0 Å². The van der Waals surface area contributed by atoms with E-state index in [1.807, 2.05) is 19.2 Å². The third-order valence-electron chi connectivity index (χ3n) is 6.53. The van der Waals surface area contributed by atoms with Gasteiger partial charge in [0.25, 0.3) is 0 Å². The summed E-state index contributed by atoms with van der Waals surface area (Å²) in [5.74, 6) is 1.19. The zero-order chi connectivity index (χ0) is 25.9. The predicted molar refractivity (Wildman–Crippen MR) is 132 cm³/mol. The topological polar surface area (TPSA) is 80.1 Å². The first-order valence-corrected chi connectivity index (χ1v) is 12.0. The van der Waals surface area contributed by atoms with Gasteiger partial charge in [-0.1, -0.05) is 0 Å². The largest absolute Gasteiger partial charge is 0.480 e. The summed E-state index contributed by atoms with van der Waals surface area (Å²) in [6, 6.07) is 4.58.